The van der Waals surface area contributed by atoms with Crippen LogP contribution in [0.3, 0.4) is 0 Å². The van der Waals surface area contributed by atoms with E-state index in [0.29, 0.717) is 39.6 Å². The Morgan fingerprint density at radius 3 is 1.39 bits per heavy atom. The van der Waals surface area contributed by atoms with Gasteiger partial charge < -0.3 is 29.5 Å². The molecule has 0 aromatic heterocycles. The van der Waals surface area contributed by atoms with Gasteiger partial charge in [0.1, 0.15) is 0 Å². The van der Waals surface area contributed by atoms with E-state index in [9.17, 15) is 4.79 Å². The molecule has 0 spiro atoms. The molecule has 0 radical (unpaired) electrons. The highest BCUT2D eigenvalue weighted by molar-refractivity contribution is 5.78. The molecule has 0 unspecified atom stereocenters. The number of hydrogen-bond acceptors (Lipinski definition) is 6. The number of carboxylic acids is 1. The lowest BCUT2D eigenvalue weighted by Gasteiger charge is -2.04. The molecular weight excluding hydrogens is 244 g/mol. The van der Waals surface area contributed by atoms with E-state index in [4.69, 9.17) is 29.5 Å². The van der Waals surface area contributed by atoms with Gasteiger partial charge in [0.2, 0.25) is 0 Å². The molecule has 0 saturated heterocycles. The van der Waals surface area contributed by atoms with E-state index in [1.165, 1.54) is 0 Å². The van der Waals surface area contributed by atoms with Crippen LogP contribution in [0, 0.1) is 0 Å². The third-order valence-electron chi connectivity index (χ3n) is 1.39. The van der Waals surface area contributed by atoms with Crippen LogP contribution in [0.5, 0.6) is 0 Å². The molecular formula is C11H22O7. The summed E-state index contributed by atoms with van der Waals surface area (Å²) in [6.45, 7) is 5.72. The standard InChI is InChI=1S/C8H18O5.C3H4O2/c9-1-3-11-5-7-13-8-6-12-4-2-10;1-2-3(4)5/h9-10H,1-8H2;2H,1H2,(H,4,5). The van der Waals surface area contributed by atoms with Gasteiger partial charge in [-0.1, -0.05) is 6.58 Å². The molecule has 0 aliphatic carbocycles. The van der Waals surface area contributed by atoms with Gasteiger partial charge in [0.25, 0.3) is 0 Å². The first-order valence-electron chi connectivity index (χ1n) is 5.49. The van der Waals surface area contributed by atoms with Crippen LogP contribution in [0.25, 0.3) is 0 Å². The molecule has 18 heavy (non-hydrogen) atoms. The van der Waals surface area contributed by atoms with Crippen LogP contribution in [0.2, 0.25) is 0 Å². The van der Waals surface area contributed by atoms with E-state index in [0.717, 1.165) is 6.08 Å². The molecule has 7 heteroatoms. The highest BCUT2D eigenvalue weighted by Gasteiger charge is 1.89. The van der Waals surface area contributed by atoms with Gasteiger partial charge in [-0.3, -0.25) is 0 Å². The second-order valence-electron chi connectivity index (χ2n) is 2.83. The van der Waals surface area contributed by atoms with Gasteiger partial charge in [-0.05, 0) is 0 Å². The molecule has 0 atom stereocenters. The van der Waals surface area contributed by atoms with Gasteiger partial charge in [0.15, 0.2) is 0 Å². The summed E-state index contributed by atoms with van der Waals surface area (Å²) in [6, 6.07) is 0. The summed E-state index contributed by atoms with van der Waals surface area (Å²) in [6.07, 6.45) is 0.833. The maximum Gasteiger partial charge on any atom is 0.327 e. The van der Waals surface area contributed by atoms with Crippen molar-refractivity contribution in [1.82, 2.24) is 0 Å². The van der Waals surface area contributed by atoms with Gasteiger partial charge >= 0.3 is 5.97 Å². The molecule has 0 bridgehead atoms. The second kappa shape index (κ2) is 18.4. The van der Waals surface area contributed by atoms with Gasteiger partial charge in [0.05, 0.1) is 52.9 Å². The Morgan fingerprint density at radius 1 is 0.889 bits per heavy atom. The lowest BCUT2D eigenvalue weighted by Crippen LogP contribution is -2.11. The first kappa shape index (κ1) is 19.4. The number of aliphatic carboxylic acids is 1. The van der Waals surface area contributed by atoms with Crippen LogP contribution in [0.1, 0.15) is 0 Å². The maximum absolute atomic E-state index is 9.25. The van der Waals surface area contributed by atoms with E-state index in [1.54, 1.807) is 0 Å². The summed E-state index contributed by atoms with van der Waals surface area (Å²) in [5, 5.41) is 24.3. The molecule has 0 aromatic rings. The summed E-state index contributed by atoms with van der Waals surface area (Å²) >= 11 is 0. The van der Waals surface area contributed by atoms with E-state index < -0.39 is 5.97 Å². The number of rotatable bonds is 11. The average Bonchev–Trinajstić information content (AvgIpc) is 2.37. The zero-order chi connectivity index (χ0) is 14.1. The largest absolute Gasteiger partial charge is 0.478 e. The van der Waals surface area contributed by atoms with Crippen LogP contribution < -0.4 is 0 Å². The molecule has 0 amide bonds. The van der Waals surface area contributed by atoms with Gasteiger partial charge in [-0.2, -0.15) is 0 Å². The van der Waals surface area contributed by atoms with Crippen molar-refractivity contribution in [3.8, 4) is 0 Å². The van der Waals surface area contributed by atoms with Crippen molar-refractivity contribution in [2.75, 3.05) is 52.9 Å². The van der Waals surface area contributed by atoms with Gasteiger partial charge in [-0.25, -0.2) is 4.79 Å². The van der Waals surface area contributed by atoms with E-state index in [-0.39, 0.29) is 13.2 Å². The smallest absolute Gasteiger partial charge is 0.327 e. The summed E-state index contributed by atoms with van der Waals surface area (Å²) in [7, 11) is 0. The summed E-state index contributed by atoms with van der Waals surface area (Å²) in [5.74, 6) is -0.981. The van der Waals surface area contributed by atoms with E-state index in [2.05, 4.69) is 6.58 Å². The Bertz CT molecular complexity index is 174. The monoisotopic (exact) mass is 266 g/mol. The highest BCUT2D eigenvalue weighted by atomic mass is 16.5. The Balaban J connectivity index is 0. The number of carbonyl (C=O) groups is 1. The summed E-state index contributed by atoms with van der Waals surface area (Å²) in [5.41, 5.74) is 0. The predicted molar refractivity (Wildman–Crippen MR) is 64.5 cm³/mol. The highest BCUT2D eigenvalue weighted by Crippen LogP contribution is 1.80. The molecule has 0 saturated carbocycles. The summed E-state index contributed by atoms with van der Waals surface area (Å²) in [4.78, 5) is 9.25. The minimum absolute atomic E-state index is 0.0413. The molecule has 0 aromatic carbocycles. The van der Waals surface area contributed by atoms with Crippen molar-refractivity contribution in [2.24, 2.45) is 0 Å². The Labute approximate surface area is 107 Å². The number of ether oxygens (including phenoxy) is 3. The van der Waals surface area contributed by atoms with Crippen LogP contribution in [0.15, 0.2) is 12.7 Å². The van der Waals surface area contributed by atoms with Crippen LogP contribution >= 0.6 is 0 Å². The summed E-state index contributed by atoms with van der Waals surface area (Å²) < 4.78 is 15.0. The lowest BCUT2D eigenvalue weighted by molar-refractivity contribution is -0.131. The topological polar surface area (TPSA) is 105 Å². The van der Waals surface area contributed by atoms with Crippen molar-refractivity contribution >= 4 is 5.97 Å². The zero-order valence-corrected chi connectivity index (χ0v) is 10.4. The maximum atomic E-state index is 9.25. The third kappa shape index (κ3) is 24.3. The minimum atomic E-state index is -0.981. The third-order valence-corrected chi connectivity index (χ3v) is 1.39. The van der Waals surface area contributed by atoms with Crippen molar-refractivity contribution in [3.63, 3.8) is 0 Å². The second-order valence-corrected chi connectivity index (χ2v) is 2.83. The van der Waals surface area contributed by atoms with Crippen LogP contribution in [-0.4, -0.2) is 74.1 Å². The molecule has 7 nitrogen and oxygen atoms in total. The fourth-order valence-corrected chi connectivity index (χ4v) is 0.671. The number of aliphatic hydroxyl groups excluding tert-OH is 2. The molecule has 3 N–H and O–H groups in total. The Hall–Kier alpha value is -0.990. The van der Waals surface area contributed by atoms with Gasteiger partial charge in [-0.15, -0.1) is 0 Å². The lowest BCUT2D eigenvalue weighted by atomic mass is 10.7. The fraction of sp³-hybridized carbons (Fsp3) is 0.727. The van der Waals surface area contributed by atoms with Crippen molar-refractivity contribution in [1.29, 1.82) is 0 Å². The fourth-order valence-electron chi connectivity index (χ4n) is 0.671. The van der Waals surface area contributed by atoms with Crippen molar-refractivity contribution in [3.05, 3.63) is 12.7 Å². The number of hydrogen-bond donors (Lipinski definition) is 3. The molecule has 0 aliphatic rings. The molecule has 108 valence electrons. The van der Waals surface area contributed by atoms with E-state index >= 15 is 0 Å². The quantitative estimate of drug-likeness (QED) is 0.334. The van der Waals surface area contributed by atoms with Crippen LogP contribution in [0.4, 0.5) is 0 Å². The van der Waals surface area contributed by atoms with Gasteiger partial charge in [0, 0.05) is 6.08 Å². The SMILES string of the molecule is C=CC(=O)O.OCCOCCOCCOCCO. The van der Waals surface area contributed by atoms with Crippen molar-refractivity contribution < 1.29 is 34.3 Å². The first-order valence-corrected chi connectivity index (χ1v) is 5.49. The van der Waals surface area contributed by atoms with E-state index in [1.807, 2.05) is 0 Å². The molecule has 0 rings (SSSR count). The normalized spacial score (nSPS) is 9.44. The molecule has 0 fully saturated rings. The minimum Gasteiger partial charge on any atom is -0.478 e. The zero-order valence-electron chi connectivity index (χ0n) is 10.4. The predicted octanol–water partition coefficient (Wildman–Crippen LogP) is -0.722. The molecule has 0 heterocycles. The molecule has 0 aliphatic heterocycles. The average molecular weight is 266 g/mol. The first-order chi connectivity index (χ1) is 8.68. The van der Waals surface area contributed by atoms with Crippen molar-refractivity contribution in [2.45, 2.75) is 0 Å². The Kier molecular flexibility index (Phi) is 19.8. The number of aliphatic hydroxyl groups is 2. The van der Waals surface area contributed by atoms with Crippen LogP contribution in [-0.2, 0) is 19.0 Å². The Morgan fingerprint density at radius 2 is 1.17 bits per heavy atom. The number of carboxylic acid groups (broad SMARTS) is 1.